The molecule has 3 rings (SSSR count). The molecule has 0 bridgehead atoms. The van der Waals surface area contributed by atoms with Crippen molar-refractivity contribution < 1.29 is 19.5 Å². The number of carbonyl (C=O) groups excluding carboxylic acids is 2. The summed E-state index contributed by atoms with van der Waals surface area (Å²) in [6.07, 6.45) is 1.25. The number of hydrogen-bond acceptors (Lipinski definition) is 3. The highest BCUT2D eigenvalue weighted by Crippen LogP contribution is 2.19. The Morgan fingerprint density at radius 1 is 1.31 bits per heavy atom. The molecule has 1 fully saturated rings. The first kappa shape index (κ1) is 18.0. The van der Waals surface area contributed by atoms with Crippen LogP contribution in [0.4, 0.5) is 0 Å². The molecule has 2 N–H and O–H groups in total. The van der Waals surface area contributed by atoms with E-state index in [1.165, 1.54) is 4.90 Å². The van der Waals surface area contributed by atoms with Crippen LogP contribution in [0, 0.1) is 12.8 Å². The molecule has 2 aromatic rings. The number of rotatable bonds is 4. The lowest BCUT2D eigenvalue weighted by atomic mass is 9.98. The molecule has 1 atom stereocenters. The van der Waals surface area contributed by atoms with Crippen LogP contribution >= 0.6 is 0 Å². The molecule has 1 aromatic heterocycles. The van der Waals surface area contributed by atoms with Crippen LogP contribution in [0.3, 0.4) is 0 Å². The van der Waals surface area contributed by atoms with Crippen molar-refractivity contribution in [3.63, 3.8) is 0 Å². The Kier molecular flexibility index (Phi) is 4.97. The first-order chi connectivity index (χ1) is 12.3. The maximum absolute atomic E-state index is 12.6. The molecule has 7 nitrogen and oxygen atoms in total. The van der Waals surface area contributed by atoms with Gasteiger partial charge in [0.05, 0.1) is 12.5 Å². The number of H-pyrrole nitrogens is 1. The van der Waals surface area contributed by atoms with Gasteiger partial charge in [-0.05, 0) is 37.5 Å². The summed E-state index contributed by atoms with van der Waals surface area (Å²) in [4.78, 5) is 42.2. The molecule has 1 saturated heterocycles. The van der Waals surface area contributed by atoms with E-state index >= 15 is 0 Å². The Balaban J connectivity index is 1.66. The number of carbonyl (C=O) groups is 3. The standard InChI is InChI=1S/C19H23N3O4/c1-12-5-6-13-9-16(20-15(13)8-12)18(24)21(2)11-17(23)22-7-3-4-14(10-22)19(25)26/h5-6,8-9,14,20H,3-4,7,10-11H2,1-2H3,(H,25,26). The number of amides is 2. The number of benzene rings is 1. The summed E-state index contributed by atoms with van der Waals surface area (Å²) in [6.45, 7) is 2.66. The lowest BCUT2D eigenvalue weighted by Gasteiger charge is -2.31. The lowest BCUT2D eigenvalue weighted by Crippen LogP contribution is -2.46. The van der Waals surface area contributed by atoms with Crippen LogP contribution in [-0.4, -0.2) is 64.4 Å². The van der Waals surface area contributed by atoms with Crippen molar-refractivity contribution in [1.82, 2.24) is 14.8 Å². The van der Waals surface area contributed by atoms with Gasteiger partial charge in [0, 0.05) is 31.0 Å². The molecule has 0 aliphatic carbocycles. The normalized spacial score (nSPS) is 17.3. The number of likely N-dealkylation sites (N-methyl/N-ethyl adjacent to an activating group) is 1. The summed E-state index contributed by atoms with van der Waals surface area (Å²) in [5, 5.41) is 10.1. The SMILES string of the molecule is Cc1ccc2cc(C(=O)N(C)CC(=O)N3CCCC(C(=O)O)C3)[nH]c2c1. The number of carboxylic acid groups (broad SMARTS) is 1. The number of likely N-dealkylation sites (tertiary alicyclic amines) is 1. The largest absolute Gasteiger partial charge is 0.481 e. The zero-order valence-corrected chi connectivity index (χ0v) is 15.0. The molecule has 1 aliphatic heterocycles. The number of carboxylic acids is 1. The van der Waals surface area contributed by atoms with E-state index in [0.717, 1.165) is 16.5 Å². The Labute approximate surface area is 151 Å². The highest BCUT2D eigenvalue weighted by molar-refractivity contribution is 5.99. The van der Waals surface area contributed by atoms with Crippen molar-refractivity contribution in [2.45, 2.75) is 19.8 Å². The Hall–Kier alpha value is -2.83. The van der Waals surface area contributed by atoms with Crippen molar-refractivity contribution in [3.05, 3.63) is 35.5 Å². The number of nitrogens with one attached hydrogen (secondary N) is 1. The summed E-state index contributed by atoms with van der Waals surface area (Å²) in [7, 11) is 1.58. The Morgan fingerprint density at radius 2 is 2.08 bits per heavy atom. The van der Waals surface area contributed by atoms with E-state index in [1.807, 2.05) is 25.1 Å². The zero-order chi connectivity index (χ0) is 18.8. The van der Waals surface area contributed by atoms with Gasteiger partial charge in [0.1, 0.15) is 5.69 Å². The van der Waals surface area contributed by atoms with Gasteiger partial charge in [-0.15, -0.1) is 0 Å². The van der Waals surface area contributed by atoms with Crippen molar-refractivity contribution in [2.75, 3.05) is 26.7 Å². The van der Waals surface area contributed by atoms with Crippen LogP contribution in [-0.2, 0) is 9.59 Å². The van der Waals surface area contributed by atoms with Crippen molar-refractivity contribution in [3.8, 4) is 0 Å². The van der Waals surface area contributed by atoms with E-state index in [2.05, 4.69) is 4.98 Å². The predicted octanol–water partition coefficient (Wildman–Crippen LogP) is 1.87. The fourth-order valence-electron chi connectivity index (χ4n) is 3.34. The minimum absolute atomic E-state index is 0.0699. The summed E-state index contributed by atoms with van der Waals surface area (Å²) in [5.41, 5.74) is 2.41. The molecule has 26 heavy (non-hydrogen) atoms. The molecule has 0 spiro atoms. The van der Waals surface area contributed by atoms with Crippen molar-refractivity contribution in [2.24, 2.45) is 5.92 Å². The van der Waals surface area contributed by atoms with Gasteiger partial charge in [0.15, 0.2) is 0 Å². The molecule has 2 amide bonds. The molecule has 1 unspecified atom stereocenters. The molecular formula is C19H23N3O4. The minimum Gasteiger partial charge on any atom is -0.481 e. The van der Waals surface area contributed by atoms with Gasteiger partial charge in [-0.25, -0.2) is 0 Å². The molecular weight excluding hydrogens is 334 g/mol. The Bertz CT molecular complexity index is 858. The number of fused-ring (bicyclic) bond motifs is 1. The highest BCUT2D eigenvalue weighted by atomic mass is 16.4. The van der Waals surface area contributed by atoms with E-state index in [4.69, 9.17) is 5.11 Å². The van der Waals surface area contributed by atoms with Gasteiger partial charge in [-0.2, -0.15) is 0 Å². The quantitative estimate of drug-likeness (QED) is 0.873. The average Bonchev–Trinajstić information content (AvgIpc) is 3.04. The monoisotopic (exact) mass is 357 g/mol. The second kappa shape index (κ2) is 7.19. The van der Waals surface area contributed by atoms with Gasteiger partial charge in [0.25, 0.3) is 5.91 Å². The first-order valence-electron chi connectivity index (χ1n) is 8.70. The highest BCUT2D eigenvalue weighted by Gasteiger charge is 2.29. The zero-order valence-electron chi connectivity index (χ0n) is 15.0. The smallest absolute Gasteiger partial charge is 0.308 e. The van der Waals surface area contributed by atoms with Gasteiger partial charge in [-0.3, -0.25) is 14.4 Å². The number of aromatic amines is 1. The number of aryl methyl sites for hydroxylation is 1. The maximum Gasteiger partial charge on any atom is 0.308 e. The van der Waals surface area contributed by atoms with Gasteiger partial charge >= 0.3 is 5.97 Å². The van der Waals surface area contributed by atoms with Crippen molar-refractivity contribution in [1.29, 1.82) is 0 Å². The molecule has 1 aliphatic rings. The van der Waals surface area contributed by atoms with E-state index in [9.17, 15) is 14.4 Å². The fourth-order valence-corrected chi connectivity index (χ4v) is 3.34. The maximum atomic E-state index is 12.6. The third kappa shape index (κ3) is 3.71. The lowest BCUT2D eigenvalue weighted by molar-refractivity contribution is -0.145. The van der Waals surface area contributed by atoms with Crippen LogP contribution in [0.15, 0.2) is 24.3 Å². The van der Waals surface area contributed by atoms with Crippen LogP contribution in [0.25, 0.3) is 10.9 Å². The minimum atomic E-state index is -0.875. The number of aliphatic carboxylic acids is 1. The van der Waals surface area contributed by atoms with E-state index in [0.29, 0.717) is 25.1 Å². The van der Waals surface area contributed by atoms with Crippen LogP contribution in [0.1, 0.15) is 28.9 Å². The van der Waals surface area contributed by atoms with Crippen LogP contribution in [0.2, 0.25) is 0 Å². The average molecular weight is 357 g/mol. The summed E-state index contributed by atoms with van der Waals surface area (Å²) in [5.74, 6) is -1.89. The second-order valence-electron chi connectivity index (χ2n) is 6.95. The molecule has 7 heteroatoms. The van der Waals surface area contributed by atoms with Gasteiger partial charge in [-0.1, -0.05) is 12.1 Å². The molecule has 138 valence electrons. The summed E-state index contributed by atoms with van der Waals surface area (Å²) < 4.78 is 0. The number of nitrogens with zero attached hydrogens (tertiary/aromatic N) is 2. The van der Waals surface area contributed by atoms with E-state index < -0.39 is 11.9 Å². The third-order valence-corrected chi connectivity index (χ3v) is 4.85. The number of hydrogen-bond donors (Lipinski definition) is 2. The topological polar surface area (TPSA) is 93.7 Å². The Morgan fingerprint density at radius 3 is 2.81 bits per heavy atom. The predicted molar refractivity (Wildman–Crippen MR) is 96.9 cm³/mol. The molecule has 0 radical (unpaired) electrons. The van der Waals surface area contributed by atoms with E-state index in [1.54, 1.807) is 18.0 Å². The van der Waals surface area contributed by atoms with Crippen LogP contribution in [0.5, 0.6) is 0 Å². The third-order valence-electron chi connectivity index (χ3n) is 4.85. The first-order valence-corrected chi connectivity index (χ1v) is 8.70. The number of aromatic nitrogens is 1. The molecule has 2 heterocycles. The number of piperidine rings is 1. The van der Waals surface area contributed by atoms with Crippen LogP contribution < -0.4 is 0 Å². The summed E-state index contributed by atoms with van der Waals surface area (Å²) in [6, 6.07) is 7.67. The fraction of sp³-hybridized carbons (Fsp3) is 0.421. The summed E-state index contributed by atoms with van der Waals surface area (Å²) >= 11 is 0. The van der Waals surface area contributed by atoms with Crippen molar-refractivity contribution >= 4 is 28.7 Å². The molecule has 0 saturated carbocycles. The van der Waals surface area contributed by atoms with Gasteiger partial charge in [0.2, 0.25) is 5.91 Å². The second-order valence-corrected chi connectivity index (χ2v) is 6.95. The molecule has 1 aromatic carbocycles. The van der Waals surface area contributed by atoms with E-state index in [-0.39, 0.29) is 24.9 Å². The van der Waals surface area contributed by atoms with Gasteiger partial charge < -0.3 is 19.9 Å².